The summed E-state index contributed by atoms with van der Waals surface area (Å²) in [6, 6.07) is 5.34. The summed E-state index contributed by atoms with van der Waals surface area (Å²) in [6.45, 7) is 3.29. The molecule has 1 aromatic heterocycles. The van der Waals surface area contributed by atoms with Gasteiger partial charge in [0, 0.05) is 50.9 Å². The Morgan fingerprint density at radius 1 is 1.20 bits per heavy atom. The Morgan fingerprint density at radius 2 is 2.07 bits per heavy atom. The van der Waals surface area contributed by atoms with Gasteiger partial charge in [0.15, 0.2) is 0 Å². The van der Waals surface area contributed by atoms with Gasteiger partial charge in [-0.3, -0.25) is 19.7 Å². The van der Waals surface area contributed by atoms with E-state index in [2.05, 4.69) is 19.8 Å². The van der Waals surface area contributed by atoms with Crippen molar-refractivity contribution in [1.29, 1.82) is 0 Å². The number of aromatic nitrogens is 2. The number of nitrogens with one attached hydrogen (secondary N) is 1. The molecule has 9 nitrogen and oxygen atoms in total. The van der Waals surface area contributed by atoms with E-state index in [4.69, 9.17) is 5.73 Å². The number of aryl methyl sites for hydroxylation is 1. The monoisotopic (exact) mass is 408 g/mol. The predicted molar refractivity (Wildman–Crippen MR) is 108 cm³/mol. The molecule has 1 saturated heterocycles. The SMILES string of the molecule is NCc1cn2c(n1)N(Cc1ccc3c(c1)C(=O)N(C1CCC(=O)NC1=O)C3)CCC2. The minimum atomic E-state index is -0.588. The van der Waals surface area contributed by atoms with Crippen molar-refractivity contribution in [3.05, 3.63) is 46.8 Å². The molecule has 0 radical (unpaired) electrons. The van der Waals surface area contributed by atoms with Gasteiger partial charge in [-0.05, 0) is 30.0 Å². The van der Waals surface area contributed by atoms with Gasteiger partial charge in [-0.2, -0.15) is 0 Å². The van der Waals surface area contributed by atoms with Crippen LogP contribution < -0.4 is 16.0 Å². The number of nitrogens with zero attached hydrogens (tertiary/aromatic N) is 4. The Bertz CT molecular complexity index is 1050. The molecule has 1 unspecified atom stereocenters. The van der Waals surface area contributed by atoms with Gasteiger partial charge in [-0.1, -0.05) is 12.1 Å². The predicted octanol–water partition coefficient (Wildman–Crippen LogP) is 0.513. The fourth-order valence-electron chi connectivity index (χ4n) is 4.58. The standard InChI is InChI=1S/C21H24N6O3/c22-9-15-12-26-7-1-6-25(21(26)23-15)10-13-2-3-14-11-27(20(30)16(14)8-13)17-4-5-18(28)24-19(17)29/h2-3,8,12,17H,1,4-7,9-11,22H2,(H,24,28,29). The summed E-state index contributed by atoms with van der Waals surface area (Å²) in [4.78, 5) is 45.1. The zero-order valence-electron chi connectivity index (χ0n) is 16.6. The Hall–Kier alpha value is -3.20. The Balaban J connectivity index is 1.35. The van der Waals surface area contributed by atoms with Gasteiger partial charge in [0.25, 0.3) is 5.91 Å². The van der Waals surface area contributed by atoms with Crippen LogP contribution in [-0.2, 0) is 35.8 Å². The van der Waals surface area contributed by atoms with Gasteiger partial charge in [0.2, 0.25) is 17.8 Å². The summed E-state index contributed by atoms with van der Waals surface area (Å²) in [5.41, 5.74) is 9.20. The van der Waals surface area contributed by atoms with E-state index in [0.717, 1.165) is 42.3 Å². The van der Waals surface area contributed by atoms with E-state index in [-0.39, 0.29) is 24.1 Å². The molecule has 3 N–H and O–H groups in total. The van der Waals surface area contributed by atoms with Crippen molar-refractivity contribution in [1.82, 2.24) is 19.8 Å². The summed E-state index contributed by atoms with van der Waals surface area (Å²) in [6.07, 6.45) is 3.66. The second kappa shape index (κ2) is 7.24. The van der Waals surface area contributed by atoms with Gasteiger partial charge in [0.1, 0.15) is 6.04 Å². The zero-order valence-corrected chi connectivity index (χ0v) is 16.6. The molecule has 0 spiro atoms. The number of fused-ring (bicyclic) bond motifs is 2. The van der Waals surface area contributed by atoms with E-state index in [9.17, 15) is 14.4 Å². The third-order valence-electron chi connectivity index (χ3n) is 6.09. The van der Waals surface area contributed by atoms with Crippen molar-refractivity contribution in [2.75, 3.05) is 11.4 Å². The Labute approximate surface area is 173 Å². The Kier molecular flexibility index (Phi) is 4.54. The number of amides is 3. The Morgan fingerprint density at radius 3 is 2.87 bits per heavy atom. The van der Waals surface area contributed by atoms with Crippen molar-refractivity contribution >= 4 is 23.7 Å². The number of carbonyl (C=O) groups is 3. The average Bonchev–Trinajstić information content (AvgIpc) is 3.30. The number of carbonyl (C=O) groups excluding carboxylic acids is 3. The lowest BCUT2D eigenvalue weighted by molar-refractivity contribution is -0.136. The number of imidazole rings is 1. The molecule has 156 valence electrons. The first-order valence-corrected chi connectivity index (χ1v) is 10.3. The topological polar surface area (TPSA) is 114 Å². The molecular weight excluding hydrogens is 384 g/mol. The van der Waals surface area contributed by atoms with Gasteiger partial charge in [0.05, 0.1) is 5.69 Å². The van der Waals surface area contributed by atoms with Crippen molar-refractivity contribution in [2.24, 2.45) is 5.73 Å². The van der Waals surface area contributed by atoms with Crippen molar-refractivity contribution in [2.45, 2.75) is 51.5 Å². The minimum Gasteiger partial charge on any atom is -0.338 e. The molecular formula is C21H24N6O3. The van der Waals surface area contributed by atoms with Crippen molar-refractivity contribution in [3.8, 4) is 0 Å². The molecule has 3 aliphatic rings. The maximum absolute atomic E-state index is 13.0. The largest absolute Gasteiger partial charge is 0.338 e. The molecule has 1 atom stereocenters. The number of piperidine rings is 1. The number of benzene rings is 1. The van der Waals surface area contributed by atoms with Crippen LogP contribution in [0.2, 0.25) is 0 Å². The van der Waals surface area contributed by atoms with Crippen LogP contribution >= 0.6 is 0 Å². The van der Waals surface area contributed by atoms with E-state index in [1.165, 1.54) is 0 Å². The van der Waals surface area contributed by atoms with E-state index in [0.29, 0.717) is 31.6 Å². The second-order valence-electron chi connectivity index (χ2n) is 8.10. The number of rotatable bonds is 4. The molecule has 0 saturated carbocycles. The molecule has 0 bridgehead atoms. The molecule has 1 fully saturated rings. The number of hydrogen-bond donors (Lipinski definition) is 2. The molecule has 5 rings (SSSR count). The number of hydrogen-bond acceptors (Lipinski definition) is 6. The average molecular weight is 408 g/mol. The lowest BCUT2D eigenvalue weighted by atomic mass is 10.0. The lowest BCUT2D eigenvalue weighted by Gasteiger charge is -2.29. The highest BCUT2D eigenvalue weighted by atomic mass is 16.2. The molecule has 4 heterocycles. The van der Waals surface area contributed by atoms with Gasteiger partial charge in [-0.25, -0.2) is 4.98 Å². The van der Waals surface area contributed by atoms with Crippen LogP contribution in [0.1, 0.15) is 46.4 Å². The first-order valence-electron chi connectivity index (χ1n) is 10.3. The van der Waals surface area contributed by atoms with Crippen LogP contribution in [0.25, 0.3) is 0 Å². The summed E-state index contributed by atoms with van der Waals surface area (Å²) in [7, 11) is 0. The summed E-state index contributed by atoms with van der Waals surface area (Å²) >= 11 is 0. The molecule has 2 aromatic rings. The van der Waals surface area contributed by atoms with E-state index in [1.807, 2.05) is 24.4 Å². The highest BCUT2D eigenvalue weighted by molar-refractivity contribution is 6.05. The lowest BCUT2D eigenvalue weighted by Crippen LogP contribution is -2.52. The van der Waals surface area contributed by atoms with Gasteiger partial charge in [-0.15, -0.1) is 0 Å². The van der Waals surface area contributed by atoms with Crippen LogP contribution in [0.5, 0.6) is 0 Å². The van der Waals surface area contributed by atoms with E-state index < -0.39 is 6.04 Å². The maximum Gasteiger partial charge on any atom is 0.255 e. The van der Waals surface area contributed by atoms with E-state index in [1.54, 1.807) is 4.90 Å². The van der Waals surface area contributed by atoms with Crippen LogP contribution in [0.15, 0.2) is 24.4 Å². The molecule has 1 aromatic carbocycles. The maximum atomic E-state index is 13.0. The fraction of sp³-hybridized carbons (Fsp3) is 0.429. The highest BCUT2D eigenvalue weighted by Crippen LogP contribution is 2.29. The first-order chi connectivity index (χ1) is 14.5. The van der Waals surface area contributed by atoms with Crippen LogP contribution in [0.4, 0.5) is 5.95 Å². The molecule has 9 heteroatoms. The fourth-order valence-corrected chi connectivity index (χ4v) is 4.58. The second-order valence-corrected chi connectivity index (χ2v) is 8.10. The summed E-state index contributed by atoms with van der Waals surface area (Å²) in [5.74, 6) is 0.106. The van der Waals surface area contributed by atoms with Crippen LogP contribution in [0.3, 0.4) is 0 Å². The first kappa shape index (κ1) is 18.8. The number of imide groups is 1. The molecule has 3 aliphatic heterocycles. The van der Waals surface area contributed by atoms with E-state index >= 15 is 0 Å². The summed E-state index contributed by atoms with van der Waals surface area (Å²) < 4.78 is 2.13. The molecule has 0 aliphatic carbocycles. The van der Waals surface area contributed by atoms with Crippen molar-refractivity contribution < 1.29 is 14.4 Å². The minimum absolute atomic E-state index is 0.146. The van der Waals surface area contributed by atoms with Crippen LogP contribution in [0, 0.1) is 0 Å². The van der Waals surface area contributed by atoms with Gasteiger partial charge >= 0.3 is 0 Å². The number of anilines is 1. The third kappa shape index (κ3) is 3.15. The van der Waals surface area contributed by atoms with Crippen molar-refractivity contribution in [3.63, 3.8) is 0 Å². The smallest absolute Gasteiger partial charge is 0.255 e. The molecule has 30 heavy (non-hydrogen) atoms. The third-order valence-corrected chi connectivity index (χ3v) is 6.09. The zero-order chi connectivity index (χ0) is 20.8. The highest BCUT2D eigenvalue weighted by Gasteiger charge is 2.39. The summed E-state index contributed by atoms with van der Waals surface area (Å²) in [5, 5.41) is 2.34. The normalized spacial score (nSPS) is 21.0. The number of nitrogens with two attached hydrogens (primary N) is 1. The van der Waals surface area contributed by atoms with Gasteiger partial charge < -0.3 is 20.1 Å². The quantitative estimate of drug-likeness (QED) is 0.713. The molecule has 3 amide bonds. The van der Waals surface area contributed by atoms with Crippen LogP contribution in [-0.4, -0.2) is 44.8 Å².